The van der Waals surface area contributed by atoms with E-state index >= 15 is 0 Å². The van der Waals surface area contributed by atoms with Gasteiger partial charge in [-0.15, -0.1) is 11.3 Å². The first-order valence-corrected chi connectivity index (χ1v) is 6.91. The molecule has 0 atom stereocenters. The van der Waals surface area contributed by atoms with Crippen molar-refractivity contribution in [2.45, 2.75) is 6.92 Å². The molecule has 0 spiro atoms. The van der Waals surface area contributed by atoms with Gasteiger partial charge < -0.3 is 0 Å². The summed E-state index contributed by atoms with van der Waals surface area (Å²) >= 11 is 14.0. The van der Waals surface area contributed by atoms with E-state index in [-0.39, 0.29) is 0 Å². The highest BCUT2D eigenvalue weighted by Crippen LogP contribution is 2.31. The molecular weight excluding hydrogens is 287 g/mol. The number of thiophene rings is 1. The lowest BCUT2D eigenvalue weighted by Crippen LogP contribution is -1.90. The van der Waals surface area contributed by atoms with Crippen LogP contribution in [0, 0.1) is 6.92 Å². The van der Waals surface area contributed by atoms with Crippen LogP contribution in [0.3, 0.4) is 0 Å². The molecule has 0 aliphatic carbocycles. The van der Waals surface area contributed by atoms with Crippen LogP contribution in [-0.4, -0.2) is 9.97 Å². The zero-order chi connectivity index (χ0) is 12.7. The molecule has 0 bridgehead atoms. The fourth-order valence-electron chi connectivity index (χ4n) is 1.74. The molecule has 90 valence electrons. The summed E-state index contributed by atoms with van der Waals surface area (Å²) < 4.78 is 0. The predicted molar refractivity (Wildman–Crippen MR) is 77.6 cm³/mol. The topological polar surface area (TPSA) is 25.8 Å². The number of hydrogen-bond acceptors (Lipinski definition) is 3. The van der Waals surface area contributed by atoms with Gasteiger partial charge in [0, 0.05) is 10.3 Å². The molecule has 0 saturated heterocycles. The van der Waals surface area contributed by atoms with Crippen molar-refractivity contribution >= 4 is 45.4 Å². The standard InChI is InChI=1S/C13H8Cl2N2S/c1-7-5-6-10(18-7)13-16-11-8(12(15)17-13)3-2-4-9(11)14/h2-6H,1H3. The molecule has 0 aliphatic heterocycles. The van der Waals surface area contributed by atoms with Crippen LogP contribution in [0.25, 0.3) is 21.6 Å². The number of aryl methyl sites for hydroxylation is 1. The summed E-state index contributed by atoms with van der Waals surface area (Å²) in [6, 6.07) is 9.54. The van der Waals surface area contributed by atoms with Gasteiger partial charge in [0.2, 0.25) is 0 Å². The van der Waals surface area contributed by atoms with E-state index in [4.69, 9.17) is 23.2 Å². The molecule has 2 nitrogen and oxygen atoms in total. The lowest BCUT2D eigenvalue weighted by atomic mass is 10.2. The fourth-order valence-corrected chi connectivity index (χ4v) is 3.00. The maximum atomic E-state index is 6.19. The fraction of sp³-hybridized carbons (Fsp3) is 0.0769. The molecule has 18 heavy (non-hydrogen) atoms. The summed E-state index contributed by atoms with van der Waals surface area (Å²) in [4.78, 5) is 11.0. The van der Waals surface area contributed by atoms with Gasteiger partial charge in [-0.3, -0.25) is 0 Å². The van der Waals surface area contributed by atoms with Crippen LogP contribution >= 0.6 is 34.5 Å². The summed E-state index contributed by atoms with van der Waals surface area (Å²) in [6.45, 7) is 2.05. The number of rotatable bonds is 1. The Morgan fingerprint density at radius 3 is 2.61 bits per heavy atom. The van der Waals surface area contributed by atoms with E-state index in [1.54, 1.807) is 17.4 Å². The van der Waals surface area contributed by atoms with Crippen molar-refractivity contribution in [3.63, 3.8) is 0 Å². The van der Waals surface area contributed by atoms with Gasteiger partial charge in [0.25, 0.3) is 0 Å². The van der Waals surface area contributed by atoms with Crippen LogP contribution in [0.1, 0.15) is 4.88 Å². The smallest absolute Gasteiger partial charge is 0.171 e. The lowest BCUT2D eigenvalue weighted by Gasteiger charge is -2.04. The van der Waals surface area contributed by atoms with Gasteiger partial charge in [-0.1, -0.05) is 29.3 Å². The molecule has 0 saturated carbocycles. The average Bonchev–Trinajstić information content (AvgIpc) is 2.77. The molecule has 0 unspecified atom stereocenters. The van der Waals surface area contributed by atoms with Crippen LogP contribution < -0.4 is 0 Å². The van der Waals surface area contributed by atoms with Crippen molar-refractivity contribution < 1.29 is 0 Å². The zero-order valence-electron chi connectivity index (χ0n) is 9.45. The third-order valence-electron chi connectivity index (χ3n) is 2.59. The first kappa shape index (κ1) is 11.9. The second kappa shape index (κ2) is 4.50. The van der Waals surface area contributed by atoms with E-state index in [1.807, 2.05) is 31.2 Å². The van der Waals surface area contributed by atoms with Crippen LogP contribution in [0.4, 0.5) is 0 Å². The molecular formula is C13H8Cl2N2S. The van der Waals surface area contributed by atoms with Crippen molar-refractivity contribution in [2.75, 3.05) is 0 Å². The summed E-state index contributed by atoms with van der Waals surface area (Å²) in [5, 5.41) is 1.80. The Morgan fingerprint density at radius 2 is 1.89 bits per heavy atom. The summed E-state index contributed by atoms with van der Waals surface area (Å²) in [5.41, 5.74) is 0.695. The van der Waals surface area contributed by atoms with Crippen LogP contribution in [0.15, 0.2) is 30.3 Å². The molecule has 2 heterocycles. The minimum atomic E-state index is 0.434. The normalized spacial score (nSPS) is 11.1. The first-order valence-electron chi connectivity index (χ1n) is 5.34. The Morgan fingerprint density at radius 1 is 1.06 bits per heavy atom. The predicted octanol–water partition coefficient (Wildman–Crippen LogP) is 4.97. The molecule has 0 amide bonds. The number of para-hydroxylation sites is 1. The Balaban J connectivity index is 2.29. The molecule has 0 N–H and O–H groups in total. The number of nitrogens with zero attached hydrogens (tertiary/aromatic N) is 2. The second-order valence-electron chi connectivity index (χ2n) is 3.88. The molecule has 0 fully saturated rings. The van der Waals surface area contributed by atoms with E-state index in [2.05, 4.69) is 9.97 Å². The van der Waals surface area contributed by atoms with E-state index in [0.29, 0.717) is 21.5 Å². The largest absolute Gasteiger partial charge is 0.226 e. The van der Waals surface area contributed by atoms with Gasteiger partial charge in [-0.2, -0.15) is 0 Å². The van der Waals surface area contributed by atoms with Gasteiger partial charge >= 0.3 is 0 Å². The Kier molecular flexibility index (Phi) is 2.98. The molecule has 5 heteroatoms. The molecule has 2 aromatic heterocycles. The zero-order valence-corrected chi connectivity index (χ0v) is 11.8. The van der Waals surface area contributed by atoms with Crippen molar-refractivity contribution in [3.8, 4) is 10.7 Å². The molecule has 0 aliphatic rings. The van der Waals surface area contributed by atoms with Crippen LogP contribution in [0.5, 0.6) is 0 Å². The Bertz CT molecular complexity index is 737. The highest BCUT2D eigenvalue weighted by Gasteiger charge is 2.11. The molecule has 3 aromatic rings. The van der Waals surface area contributed by atoms with Crippen molar-refractivity contribution in [1.82, 2.24) is 9.97 Å². The van der Waals surface area contributed by atoms with Gasteiger partial charge in [-0.05, 0) is 31.2 Å². The minimum Gasteiger partial charge on any atom is -0.226 e. The van der Waals surface area contributed by atoms with E-state index < -0.39 is 0 Å². The van der Waals surface area contributed by atoms with Gasteiger partial charge in [0.05, 0.1) is 15.4 Å². The lowest BCUT2D eigenvalue weighted by molar-refractivity contribution is 1.24. The van der Waals surface area contributed by atoms with Gasteiger partial charge in [-0.25, -0.2) is 9.97 Å². The maximum Gasteiger partial charge on any atom is 0.171 e. The number of hydrogen-bond donors (Lipinski definition) is 0. The third-order valence-corrected chi connectivity index (χ3v) is 4.18. The second-order valence-corrected chi connectivity index (χ2v) is 5.94. The summed E-state index contributed by atoms with van der Waals surface area (Å²) in [7, 11) is 0. The quantitative estimate of drug-likeness (QED) is 0.592. The van der Waals surface area contributed by atoms with Gasteiger partial charge in [0.1, 0.15) is 5.15 Å². The van der Waals surface area contributed by atoms with E-state index in [9.17, 15) is 0 Å². The van der Waals surface area contributed by atoms with Crippen LogP contribution in [-0.2, 0) is 0 Å². The van der Waals surface area contributed by atoms with Gasteiger partial charge in [0.15, 0.2) is 5.82 Å². The third kappa shape index (κ3) is 1.99. The minimum absolute atomic E-state index is 0.434. The maximum absolute atomic E-state index is 6.19. The van der Waals surface area contributed by atoms with E-state index in [0.717, 1.165) is 10.3 Å². The van der Waals surface area contributed by atoms with Crippen molar-refractivity contribution in [1.29, 1.82) is 0 Å². The monoisotopic (exact) mass is 294 g/mol. The average molecular weight is 295 g/mol. The van der Waals surface area contributed by atoms with Crippen LogP contribution in [0.2, 0.25) is 10.2 Å². The number of halogens is 2. The number of aromatic nitrogens is 2. The SMILES string of the molecule is Cc1ccc(-c2nc(Cl)c3cccc(Cl)c3n2)s1. The van der Waals surface area contributed by atoms with Crippen molar-refractivity contribution in [2.24, 2.45) is 0 Å². The molecule has 0 radical (unpaired) electrons. The Hall–Kier alpha value is -1.16. The molecule has 3 rings (SSSR count). The first-order chi connectivity index (χ1) is 8.65. The number of benzene rings is 1. The summed E-state index contributed by atoms with van der Waals surface area (Å²) in [6.07, 6.45) is 0. The highest BCUT2D eigenvalue weighted by molar-refractivity contribution is 7.15. The van der Waals surface area contributed by atoms with Crippen molar-refractivity contribution in [3.05, 3.63) is 45.4 Å². The molecule has 1 aromatic carbocycles. The highest BCUT2D eigenvalue weighted by atomic mass is 35.5. The summed E-state index contributed by atoms with van der Waals surface area (Å²) in [5.74, 6) is 0.624. The number of fused-ring (bicyclic) bond motifs is 1. The Labute approximate surface area is 118 Å². The van der Waals surface area contributed by atoms with E-state index in [1.165, 1.54) is 4.88 Å².